The molecule has 1 unspecified atom stereocenters. The highest BCUT2D eigenvalue weighted by Crippen LogP contribution is 2.27. The first kappa shape index (κ1) is 15.3. The lowest BCUT2D eigenvalue weighted by Crippen LogP contribution is -2.39. The van der Waals surface area contributed by atoms with Gasteiger partial charge in [-0.15, -0.1) is 0 Å². The molecular formula is C17H19N3O3. The van der Waals surface area contributed by atoms with Crippen LogP contribution in [0.5, 0.6) is 0 Å². The Balaban J connectivity index is 1.76. The highest BCUT2D eigenvalue weighted by Gasteiger charge is 2.32. The Bertz CT molecular complexity index is 670. The second-order valence-electron chi connectivity index (χ2n) is 5.85. The number of rotatable bonds is 5. The summed E-state index contributed by atoms with van der Waals surface area (Å²) in [5.41, 5.74) is 0.849. The zero-order valence-corrected chi connectivity index (χ0v) is 12.6. The molecule has 1 saturated carbocycles. The average molecular weight is 313 g/mol. The molecule has 0 radical (unpaired) electrons. The summed E-state index contributed by atoms with van der Waals surface area (Å²) in [6.07, 6.45) is 5.19. The van der Waals surface area contributed by atoms with E-state index in [0.29, 0.717) is 19.3 Å². The van der Waals surface area contributed by atoms with Gasteiger partial charge < -0.3 is 10.4 Å². The van der Waals surface area contributed by atoms with Crippen LogP contribution in [-0.4, -0.2) is 32.8 Å². The van der Waals surface area contributed by atoms with Gasteiger partial charge in [-0.25, -0.2) is 0 Å². The number of carbonyl (C=O) groups excluding carboxylic acids is 1. The fourth-order valence-electron chi connectivity index (χ4n) is 3.11. The van der Waals surface area contributed by atoms with Crippen LogP contribution in [0.4, 0.5) is 0 Å². The summed E-state index contributed by atoms with van der Waals surface area (Å²) in [5.74, 6) is -1.30. The largest absolute Gasteiger partial charge is 0.481 e. The molecule has 6 heteroatoms. The molecule has 0 saturated heterocycles. The van der Waals surface area contributed by atoms with Crippen LogP contribution >= 0.6 is 0 Å². The van der Waals surface area contributed by atoms with E-state index in [4.69, 9.17) is 5.11 Å². The van der Waals surface area contributed by atoms with Crippen molar-refractivity contribution in [3.05, 3.63) is 54.4 Å². The fraction of sp³-hybridized carbons (Fsp3) is 0.353. The maximum atomic E-state index is 12.8. The fourth-order valence-corrected chi connectivity index (χ4v) is 3.11. The van der Waals surface area contributed by atoms with Crippen molar-refractivity contribution in [3.8, 4) is 0 Å². The molecule has 1 amide bonds. The van der Waals surface area contributed by atoms with Crippen molar-refractivity contribution in [2.45, 2.75) is 31.3 Å². The van der Waals surface area contributed by atoms with E-state index in [1.165, 1.54) is 0 Å². The van der Waals surface area contributed by atoms with Crippen molar-refractivity contribution < 1.29 is 14.7 Å². The number of carboxylic acids is 1. The summed E-state index contributed by atoms with van der Waals surface area (Å²) < 4.78 is 1.62. The van der Waals surface area contributed by atoms with Crippen LogP contribution in [0.15, 0.2) is 48.8 Å². The summed E-state index contributed by atoms with van der Waals surface area (Å²) in [5, 5.41) is 16.3. The molecule has 2 aromatic rings. The maximum absolute atomic E-state index is 12.8. The smallest absolute Gasteiger partial charge is 0.306 e. The highest BCUT2D eigenvalue weighted by molar-refractivity contribution is 5.84. The van der Waals surface area contributed by atoms with Crippen molar-refractivity contribution in [2.75, 3.05) is 0 Å². The molecule has 120 valence electrons. The van der Waals surface area contributed by atoms with E-state index in [0.717, 1.165) is 5.56 Å². The molecular weight excluding hydrogens is 294 g/mol. The lowest BCUT2D eigenvalue weighted by atomic mass is 10.1. The van der Waals surface area contributed by atoms with Gasteiger partial charge in [-0.3, -0.25) is 14.3 Å². The normalized spacial score (nSPS) is 21.7. The molecule has 2 N–H and O–H groups in total. The monoisotopic (exact) mass is 313 g/mol. The van der Waals surface area contributed by atoms with Gasteiger partial charge in [0.25, 0.3) is 0 Å². The lowest BCUT2D eigenvalue weighted by molar-refractivity contribution is -0.141. The molecule has 1 aliphatic carbocycles. The molecule has 1 fully saturated rings. The minimum absolute atomic E-state index is 0.0922. The zero-order valence-electron chi connectivity index (χ0n) is 12.6. The van der Waals surface area contributed by atoms with Gasteiger partial charge in [-0.05, 0) is 30.9 Å². The van der Waals surface area contributed by atoms with Crippen LogP contribution in [0, 0.1) is 5.92 Å². The highest BCUT2D eigenvalue weighted by atomic mass is 16.4. The molecule has 1 aromatic heterocycles. The van der Waals surface area contributed by atoms with Crippen LogP contribution < -0.4 is 5.32 Å². The third-order valence-electron chi connectivity index (χ3n) is 4.28. The third kappa shape index (κ3) is 3.41. The van der Waals surface area contributed by atoms with Gasteiger partial charge in [0.15, 0.2) is 6.04 Å². The van der Waals surface area contributed by atoms with Crippen LogP contribution in [0.25, 0.3) is 0 Å². The number of aromatic nitrogens is 2. The Labute approximate surface area is 134 Å². The van der Waals surface area contributed by atoms with Crippen LogP contribution in [0.2, 0.25) is 0 Å². The predicted molar refractivity (Wildman–Crippen MR) is 83.7 cm³/mol. The first-order chi connectivity index (χ1) is 11.1. The molecule has 6 nitrogen and oxygen atoms in total. The van der Waals surface area contributed by atoms with E-state index in [1.807, 2.05) is 30.3 Å². The van der Waals surface area contributed by atoms with E-state index in [1.54, 1.807) is 23.1 Å². The number of hydrogen-bond donors (Lipinski definition) is 2. The SMILES string of the molecule is O=C(N[C@H]1CC[C@@H](C(=O)O)C1)C(c1ccccc1)n1cccn1. The van der Waals surface area contributed by atoms with Gasteiger partial charge >= 0.3 is 5.97 Å². The van der Waals surface area contributed by atoms with Crippen LogP contribution in [0.1, 0.15) is 30.9 Å². The predicted octanol–water partition coefficient (Wildman–Crippen LogP) is 1.84. The van der Waals surface area contributed by atoms with Crippen molar-refractivity contribution >= 4 is 11.9 Å². The topological polar surface area (TPSA) is 84.2 Å². The van der Waals surface area contributed by atoms with Crippen molar-refractivity contribution in [3.63, 3.8) is 0 Å². The number of hydrogen-bond acceptors (Lipinski definition) is 3. The summed E-state index contributed by atoms with van der Waals surface area (Å²) in [4.78, 5) is 23.8. The summed E-state index contributed by atoms with van der Waals surface area (Å²) >= 11 is 0. The van der Waals surface area contributed by atoms with Crippen molar-refractivity contribution in [1.82, 2.24) is 15.1 Å². The number of nitrogens with one attached hydrogen (secondary N) is 1. The summed E-state index contributed by atoms with van der Waals surface area (Å²) in [7, 11) is 0. The Morgan fingerprint density at radius 2 is 2.00 bits per heavy atom. The summed E-state index contributed by atoms with van der Waals surface area (Å²) in [6.45, 7) is 0. The molecule has 0 bridgehead atoms. The molecule has 23 heavy (non-hydrogen) atoms. The number of carbonyl (C=O) groups is 2. The molecule has 3 rings (SSSR count). The van der Waals surface area contributed by atoms with Gasteiger partial charge in [0.05, 0.1) is 5.92 Å². The lowest BCUT2D eigenvalue weighted by Gasteiger charge is -2.20. The number of carboxylic acid groups (broad SMARTS) is 1. The quantitative estimate of drug-likeness (QED) is 0.882. The van der Waals surface area contributed by atoms with Gasteiger partial charge in [0.2, 0.25) is 5.91 Å². The maximum Gasteiger partial charge on any atom is 0.306 e. The number of nitrogens with zero attached hydrogens (tertiary/aromatic N) is 2. The number of benzene rings is 1. The second kappa shape index (κ2) is 6.64. The second-order valence-corrected chi connectivity index (χ2v) is 5.85. The molecule has 0 aliphatic heterocycles. The summed E-state index contributed by atoms with van der Waals surface area (Å²) in [6, 6.07) is 10.6. The van der Waals surface area contributed by atoms with Crippen molar-refractivity contribution in [2.24, 2.45) is 5.92 Å². The van der Waals surface area contributed by atoms with E-state index < -0.39 is 12.0 Å². The molecule has 1 aliphatic rings. The van der Waals surface area contributed by atoms with Crippen LogP contribution in [-0.2, 0) is 9.59 Å². The Morgan fingerprint density at radius 1 is 1.22 bits per heavy atom. The zero-order chi connectivity index (χ0) is 16.2. The molecule has 3 atom stereocenters. The Morgan fingerprint density at radius 3 is 2.61 bits per heavy atom. The third-order valence-corrected chi connectivity index (χ3v) is 4.28. The Kier molecular flexibility index (Phi) is 4.41. The Hall–Kier alpha value is -2.63. The minimum Gasteiger partial charge on any atom is -0.481 e. The minimum atomic E-state index is -0.784. The standard InChI is InChI=1S/C17H19N3O3/c21-16(19-14-8-7-13(11-14)17(22)23)15(20-10-4-9-18-20)12-5-2-1-3-6-12/h1-6,9-10,13-15H,7-8,11H2,(H,19,21)(H,22,23)/t13-,14+,15?/m1/s1. The van der Waals surface area contributed by atoms with Crippen LogP contribution in [0.3, 0.4) is 0 Å². The van der Waals surface area contributed by atoms with Gasteiger partial charge in [0, 0.05) is 18.4 Å². The van der Waals surface area contributed by atoms with E-state index in [9.17, 15) is 9.59 Å². The van der Waals surface area contributed by atoms with E-state index in [-0.39, 0.29) is 17.9 Å². The first-order valence-corrected chi connectivity index (χ1v) is 7.72. The number of aliphatic carboxylic acids is 1. The first-order valence-electron chi connectivity index (χ1n) is 7.72. The molecule has 1 aromatic carbocycles. The number of amides is 1. The van der Waals surface area contributed by atoms with Gasteiger partial charge in [-0.1, -0.05) is 30.3 Å². The molecule has 1 heterocycles. The van der Waals surface area contributed by atoms with Gasteiger partial charge in [-0.2, -0.15) is 5.10 Å². The van der Waals surface area contributed by atoms with E-state index in [2.05, 4.69) is 10.4 Å². The average Bonchev–Trinajstić information content (AvgIpc) is 3.20. The molecule has 0 spiro atoms. The van der Waals surface area contributed by atoms with Gasteiger partial charge in [0.1, 0.15) is 0 Å². The van der Waals surface area contributed by atoms with E-state index >= 15 is 0 Å². The van der Waals surface area contributed by atoms with Crippen molar-refractivity contribution in [1.29, 1.82) is 0 Å².